The lowest BCUT2D eigenvalue weighted by Gasteiger charge is -2.14. The van der Waals surface area contributed by atoms with E-state index >= 15 is 0 Å². The molecule has 0 unspecified atom stereocenters. The summed E-state index contributed by atoms with van der Waals surface area (Å²) >= 11 is 0. The van der Waals surface area contributed by atoms with Gasteiger partial charge in [0.2, 0.25) is 5.91 Å². The van der Waals surface area contributed by atoms with E-state index in [0.717, 1.165) is 18.5 Å². The average Bonchev–Trinajstić information content (AvgIpc) is 3.42. The first-order valence-corrected chi connectivity index (χ1v) is 9.80. The van der Waals surface area contributed by atoms with Crippen molar-refractivity contribution in [1.29, 1.82) is 0 Å². The number of benzene rings is 2. The van der Waals surface area contributed by atoms with Crippen LogP contribution in [0.25, 0.3) is 16.6 Å². The largest absolute Gasteiger partial charge is 0.491 e. The third kappa shape index (κ3) is 4.67. The first-order valence-electron chi connectivity index (χ1n) is 9.80. The lowest BCUT2D eigenvalue weighted by atomic mass is 10.2. The zero-order valence-corrected chi connectivity index (χ0v) is 16.5. The highest BCUT2D eigenvalue weighted by Crippen LogP contribution is 2.32. The molecule has 1 heterocycles. The number of fused-ring (bicyclic) bond motifs is 1. The molecule has 2 aromatic carbocycles. The summed E-state index contributed by atoms with van der Waals surface area (Å²) in [5.74, 6) is 0.991. The van der Waals surface area contributed by atoms with E-state index in [1.807, 2.05) is 37.3 Å². The van der Waals surface area contributed by atoms with Crippen LogP contribution >= 0.6 is 0 Å². The number of hydrogen-bond acceptors (Lipinski definition) is 4. The van der Waals surface area contributed by atoms with Crippen LogP contribution < -0.4 is 14.8 Å². The average molecular weight is 399 g/mol. The Labute approximate surface area is 170 Å². The van der Waals surface area contributed by atoms with Gasteiger partial charge in [-0.2, -0.15) is 5.10 Å². The van der Waals surface area contributed by atoms with Crippen LogP contribution in [0, 0.1) is 11.7 Å². The van der Waals surface area contributed by atoms with Gasteiger partial charge in [-0.3, -0.25) is 4.79 Å². The molecule has 0 radical (unpaired) electrons. The first kappa shape index (κ1) is 19.2. The van der Waals surface area contributed by atoms with E-state index in [9.17, 15) is 9.18 Å². The molecule has 0 saturated heterocycles. The number of nitrogens with one attached hydrogen (secondary N) is 1. The summed E-state index contributed by atoms with van der Waals surface area (Å²) in [5, 5.41) is 7.88. The van der Waals surface area contributed by atoms with Gasteiger partial charge in [0.25, 0.3) is 0 Å². The quantitative estimate of drug-likeness (QED) is 0.619. The fourth-order valence-electron chi connectivity index (χ4n) is 3.08. The number of hydrogen-bond donors (Lipinski definition) is 1. The summed E-state index contributed by atoms with van der Waals surface area (Å²) < 4.78 is 27.7. The van der Waals surface area contributed by atoms with Crippen molar-refractivity contribution in [3.8, 4) is 17.2 Å². The van der Waals surface area contributed by atoms with Gasteiger partial charge in [-0.05, 0) is 62.1 Å². The lowest BCUT2D eigenvalue weighted by molar-refractivity contribution is -0.119. The van der Waals surface area contributed by atoms with Crippen molar-refractivity contribution < 1.29 is 20.1 Å². The van der Waals surface area contributed by atoms with Crippen molar-refractivity contribution in [1.82, 2.24) is 15.1 Å². The van der Waals surface area contributed by atoms with Gasteiger partial charge in [0.05, 0.1) is 18.3 Å². The smallest absolute Gasteiger partial charge is 0.217 e. The summed E-state index contributed by atoms with van der Waals surface area (Å²) in [7, 11) is 0. The second kappa shape index (κ2) is 8.11. The van der Waals surface area contributed by atoms with E-state index in [1.54, 1.807) is 16.9 Å². The summed E-state index contributed by atoms with van der Waals surface area (Å²) in [4.78, 5) is 11.0. The van der Waals surface area contributed by atoms with E-state index in [4.69, 9.17) is 9.47 Å². The maximum atomic E-state index is 14.7. The number of carbonyl (C=O) groups is 1. The van der Waals surface area contributed by atoms with Gasteiger partial charge < -0.3 is 14.8 Å². The minimum atomic E-state index is -0.422. The fraction of sp³-hybridized carbons (Fsp3) is 0.364. The first-order chi connectivity index (χ1) is 14.0. The molecule has 1 aliphatic carbocycles. The van der Waals surface area contributed by atoms with Crippen LogP contribution in [0.4, 0.5) is 4.39 Å². The zero-order chi connectivity index (χ0) is 20.4. The topological polar surface area (TPSA) is 65.4 Å². The van der Waals surface area contributed by atoms with Crippen LogP contribution in [-0.2, 0) is 4.79 Å². The minimum absolute atomic E-state index is 0. The van der Waals surface area contributed by atoms with Crippen LogP contribution in [0.3, 0.4) is 0 Å². The summed E-state index contributed by atoms with van der Waals surface area (Å²) in [5.41, 5.74) is 1.09. The number of ether oxygens (including phenoxy) is 2. The Kier molecular flexibility index (Phi) is 5.38. The highest BCUT2D eigenvalue weighted by molar-refractivity contribution is 5.81. The molecule has 7 heteroatoms. The molecule has 1 aliphatic rings. The van der Waals surface area contributed by atoms with Crippen LogP contribution in [-0.4, -0.2) is 34.9 Å². The number of nitrogens with zero attached hydrogens (tertiary/aromatic N) is 2. The highest BCUT2D eigenvalue weighted by atomic mass is 19.1. The normalized spacial score (nSPS) is 14.6. The number of halogens is 1. The van der Waals surface area contributed by atoms with Gasteiger partial charge in [0, 0.05) is 19.9 Å². The molecule has 1 N–H and O–H groups in total. The molecule has 29 heavy (non-hydrogen) atoms. The molecular formula is C22H26FN3O3. The van der Waals surface area contributed by atoms with E-state index in [2.05, 4.69) is 10.4 Å². The highest BCUT2D eigenvalue weighted by Gasteiger charge is 2.23. The van der Waals surface area contributed by atoms with Crippen LogP contribution in [0.2, 0.25) is 0 Å². The molecule has 3 aromatic rings. The van der Waals surface area contributed by atoms with Crippen molar-refractivity contribution in [2.45, 2.75) is 32.7 Å². The van der Waals surface area contributed by atoms with Gasteiger partial charge in [0.15, 0.2) is 11.6 Å². The molecule has 1 amide bonds. The predicted molar refractivity (Wildman–Crippen MR) is 110 cm³/mol. The maximum Gasteiger partial charge on any atom is 0.217 e. The van der Waals surface area contributed by atoms with E-state index < -0.39 is 5.82 Å². The van der Waals surface area contributed by atoms with Gasteiger partial charge in [-0.25, -0.2) is 9.07 Å². The minimum Gasteiger partial charge on any atom is -0.491 e. The zero-order valence-electron chi connectivity index (χ0n) is 16.5. The van der Waals surface area contributed by atoms with E-state index in [-0.39, 0.29) is 19.1 Å². The third-order valence-corrected chi connectivity index (χ3v) is 4.80. The van der Waals surface area contributed by atoms with Crippen molar-refractivity contribution in [3.05, 3.63) is 48.4 Å². The molecule has 154 valence electrons. The molecule has 0 spiro atoms. The number of carbonyl (C=O) groups excluding carboxylic acids is 1. The summed E-state index contributed by atoms with van der Waals surface area (Å²) in [6.07, 6.45) is 4.10. The second-order valence-electron chi connectivity index (χ2n) is 7.55. The van der Waals surface area contributed by atoms with Crippen molar-refractivity contribution in [3.63, 3.8) is 0 Å². The van der Waals surface area contributed by atoms with Crippen molar-refractivity contribution >= 4 is 16.8 Å². The standard InChI is InChI=1S/C22H24FN3O3.H2/c1-14(24-15(2)27)12-28-19-8-6-18(7-9-19)26-11-17-5-10-20(21(23)22(17)25-26)29-13-16-3-4-16;/h5-11,14,16H,3-4,12-13H2,1-2H3,(H,24,27);1H/t14-;/m0./s1. The number of amides is 1. The molecule has 0 bridgehead atoms. The Morgan fingerprint density at radius 1 is 1.28 bits per heavy atom. The Morgan fingerprint density at radius 3 is 2.72 bits per heavy atom. The molecule has 6 nitrogen and oxygen atoms in total. The van der Waals surface area contributed by atoms with Crippen molar-refractivity contribution in [2.75, 3.05) is 13.2 Å². The Morgan fingerprint density at radius 2 is 2.03 bits per heavy atom. The number of rotatable bonds is 8. The van der Waals surface area contributed by atoms with Crippen LogP contribution in [0.1, 0.15) is 28.1 Å². The molecule has 0 aliphatic heterocycles. The molecule has 1 atom stereocenters. The maximum absolute atomic E-state index is 14.7. The molecular weight excluding hydrogens is 373 g/mol. The van der Waals surface area contributed by atoms with Gasteiger partial charge in [-0.1, -0.05) is 0 Å². The monoisotopic (exact) mass is 399 g/mol. The third-order valence-electron chi connectivity index (χ3n) is 4.80. The Balaban J connectivity index is 0.00000256. The van der Waals surface area contributed by atoms with Gasteiger partial charge >= 0.3 is 0 Å². The second-order valence-corrected chi connectivity index (χ2v) is 7.55. The summed E-state index contributed by atoms with van der Waals surface area (Å²) in [6, 6.07) is 10.8. The number of aromatic nitrogens is 2. The fourth-order valence-corrected chi connectivity index (χ4v) is 3.08. The molecule has 1 fully saturated rings. The van der Waals surface area contributed by atoms with Crippen LogP contribution in [0.5, 0.6) is 11.5 Å². The van der Waals surface area contributed by atoms with E-state index in [0.29, 0.717) is 35.8 Å². The van der Waals surface area contributed by atoms with E-state index in [1.165, 1.54) is 6.92 Å². The molecule has 1 aromatic heterocycles. The summed E-state index contributed by atoms with van der Waals surface area (Å²) in [6.45, 7) is 4.29. The van der Waals surface area contributed by atoms with Crippen molar-refractivity contribution in [2.24, 2.45) is 5.92 Å². The lowest BCUT2D eigenvalue weighted by Crippen LogP contribution is -2.35. The SMILES string of the molecule is CC(=O)N[C@@H](C)COc1ccc(-n2cc3ccc(OCC4CC4)c(F)c3n2)cc1.[HH]. The van der Waals surface area contributed by atoms with Crippen LogP contribution in [0.15, 0.2) is 42.6 Å². The van der Waals surface area contributed by atoms with Gasteiger partial charge in [0.1, 0.15) is 17.9 Å². The van der Waals surface area contributed by atoms with Gasteiger partial charge in [-0.15, -0.1) is 0 Å². The Bertz CT molecular complexity index is 1020. The molecule has 4 rings (SSSR count). The Hall–Kier alpha value is -3.09. The molecule has 1 saturated carbocycles. The predicted octanol–water partition coefficient (Wildman–Crippen LogP) is 4.10.